The fourth-order valence-electron chi connectivity index (χ4n) is 0.686. The third kappa shape index (κ3) is 2.24. The Morgan fingerprint density at radius 1 is 1.42 bits per heavy atom. The second kappa shape index (κ2) is 3.72. The van der Waals surface area contributed by atoms with Crippen molar-refractivity contribution in [1.82, 2.24) is 0 Å². The van der Waals surface area contributed by atoms with Crippen molar-refractivity contribution in [1.29, 1.82) is 0 Å². The highest BCUT2D eigenvalue weighted by molar-refractivity contribution is 5.23. The molecule has 0 heterocycles. The highest BCUT2D eigenvalue weighted by Gasteiger charge is 2.00. The topological polar surface area (TPSA) is 9.23 Å². The second-order valence-corrected chi connectivity index (χ2v) is 2.00. The van der Waals surface area contributed by atoms with E-state index in [2.05, 4.69) is 5.92 Å². The zero-order valence-corrected chi connectivity index (χ0v) is 6.10. The van der Waals surface area contributed by atoms with Crippen LogP contribution in [0, 0.1) is 30.0 Å². The van der Waals surface area contributed by atoms with Gasteiger partial charge in [-0.2, -0.15) is 0 Å². The zero-order chi connectivity index (χ0) is 8.97. The maximum Gasteiger partial charge on any atom is 0.148 e. The Kier molecular flexibility index (Phi) is 2.65. The summed E-state index contributed by atoms with van der Waals surface area (Å²) in [4.78, 5) is 0. The molecule has 12 heavy (non-hydrogen) atoms. The van der Waals surface area contributed by atoms with Crippen LogP contribution in [0.2, 0.25) is 0 Å². The minimum absolute atomic E-state index is 0.0110. The molecular weight excluding hydrogens is 162 g/mol. The molecule has 1 aromatic rings. The first-order valence-corrected chi connectivity index (χ1v) is 3.17. The zero-order valence-electron chi connectivity index (χ0n) is 6.10. The summed E-state index contributed by atoms with van der Waals surface area (Å²) in [6, 6.07) is 3.85. The SMILES string of the molecule is C#CCOc1cc(F)[c]c(F)c1. The molecule has 0 aromatic heterocycles. The van der Waals surface area contributed by atoms with Crippen LogP contribution in [-0.4, -0.2) is 6.61 Å². The van der Waals surface area contributed by atoms with Gasteiger partial charge in [-0.25, -0.2) is 8.78 Å². The number of hydrogen-bond acceptors (Lipinski definition) is 1. The molecular formula is C9H5F2O. The molecule has 1 rings (SSSR count). The Morgan fingerprint density at radius 2 is 2.00 bits per heavy atom. The molecule has 0 atom stereocenters. The van der Waals surface area contributed by atoms with Crippen LogP contribution in [0.25, 0.3) is 0 Å². The molecule has 0 unspecified atom stereocenters. The highest BCUT2D eigenvalue weighted by atomic mass is 19.1. The summed E-state index contributed by atoms with van der Waals surface area (Å²) in [6.07, 6.45) is 4.88. The third-order valence-corrected chi connectivity index (χ3v) is 1.10. The van der Waals surface area contributed by atoms with E-state index in [9.17, 15) is 8.78 Å². The number of benzene rings is 1. The van der Waals surface area contributed by atoms with Crippen molar-refractivity contribution in [2.75, 3.05) is 6.61 Å². The molecule has 1 radical (unpaired) electrons. The lowest BCUT2D eigenvalue weighted by Gasteiger charge is -2.00. The largest absolute Gasteiger partial charge is 0.481 e. The van der Waals surface area contributed by atoms with E-state index >= 15 is 0 Å². The van der Waals surface area contributed by atoms with Crippen LogP contribution in [0.5, 0.6) is 5.75 Å². The summed E-state index contributed by atoms with van der Waals surface area (Å²) in [5.74, 6) is 0.641. The summed E-state index contributed by atoms with van der Waals surface area (Å²) in [7, 11) is 0. The number of ether oxygens (including phenoxy) is 1. The summed E-state index contributed by atoms with van der Waals surface area (Å²) >= 11 is 0. The number of terminal acetylenes is 1. The first-order valence-electron chi connectivity index (χ1n) is 3.17. The second-order valence-electron chi connectivity index (χ2n) is 2.00. The van der Waals surface area contributed by atoms with Crippen molar-refractivity contribution in [3.05, 3.63) is 29.8 Å². The molecule has 0 aliphatic carbocycles. The van der Waals surface area contributed by atoms with Crippen LogP contribution in [0.1, 0.15) is 0 Å². The Balaban J connectivity index is 2.80. The Morgan fingerprint density at radius 3 is 2.50 bits per heavy atom. The molecule has 0 aliphatic heterocycles. The van der Waals surface area contributed by atoms with Crippen molar-refractivity contribution in [2.45, 2.75) is 0 Å². The molecule has 0 bridgehead atoms. The lowest BCUT2D eigenvalue weighted by molar-refractivity contribution is 0.364. The van der Waals surface area contributed by atoms with E-state index in [1.165, 1.54) is 0 Å². The summed E-state index contributed by atoms with van der Waals surface area (Å²) in [5, 5.41) is 0. The highest BCUT2D eigenvalue weighted by Crippen LogP contribution is 2.14. The summed E-state index contributed by atoms with van der Waals surface area (Å²) < 4.78 is 29.6. The van der Waals surface area contributed by atoms with Crippen LogP contribution in [0.4, 0.5) is 8.78 Å². The molecule has 0 N–H and O–H groups in total. The van der Waals surface area contributed by atoms with Gasteiger partial charge in [0.2, 0.25) is 0 Å². The van der Waals surface area contributed by atoms with Crippen molar-refractivity contribution >= 4 is 0 Å². The van der Waals surface area contributed by atoms with Gasteiger partial charge in [0.05, 0.1) is 6.07 Å². The van der Waals surface area contributed by atoms with Gasteiger partial charge in [-0.05, 0) is 0 Å². The van der Waals surface area contributed by atoms with Gasteiger partial charge in [-0.3, -0.25) is 0 Å². The predicted octanol–water partition coefficient (Wildman–Crippen LogP) is 1.78. The molecule has 0 spiro atoms. The molecule has 0 aliphatic rings. The van der Waals surface area contributed by atoms with Gasteiger partial charge in [0.25, 0.3) is 0 Å². The van der Waals surface area contributed by atoms with Crippen LogP contribution in [0.15, 0.2) is 12.1 Å². The van der Waals surface area contributed by atoms with Crippen molar-refractivity contribution in [3.63, 3.8) is 0 Å². The van der Waals surface area contributed by atoms with Gasteiger partial charge < -0.3 is 4.74 Å². The molecule has 1 aromatic carbocycles. The lowest BCUT2D eigenvalue weighted by atomic mass is 10.3. The minimum Gasteiger partial charge on any atom is -0.481 e. The van der Waals surface area contributed by atoms with Crippen molar-refractivity contribution in [3.8, 4) is 18.1 Å². The van der Waals surface area contributed by atoms with Crippen LogP contribution in [0.3, 0.4) is 0 Å². The minimum atomic E-state index is -0.804. The van der Waals surface area contributed by atoms with Crippen LogP contribution >= 0.6 is 0 Å². The van der Waals surface area contributed by atoms with Gasteiger partial charge in [-0.15, -0.1) is 6.42 Å². The Hall–Kier alpha value is -1.56. The Bertz CT molecular complexity index is 295. The lowest BCUT2D eigenvalue weighted by Crippen LogP contribution is -1.94. The van der Waals surface area contributed by atoms with E-state index in [-0.39, 0.29) is 12.4 Å². The predicted molar refractivity (Wildman–Crippen MR) is 39.5 cm³/mol. The van der Waals surface area contributed by atoms with Gasteiger partial charge in [-0.1, -0.05) is 5.92 Å². The van der Waals surface area contributed by atoms with Crippen LogP contribution < -0.4 is 4.74 Å². The average molecular weight is 167 g/mol. The summed E-state index contributed by atoms with van der Waals surface area (Å²) in [5.41, 5.74) is 0. The maximum absolute atomic E-state index is 12.4. The van der Waals surface area contributed by atoms with E-state index in [0.29, 0.717) is 0 Å². The number of rotatable bonds is 2. The fourth-order valence-corrected chi connectivity index (χ4v) is 0.686. The first-order chi connectivity index (χ1) is 5.72. The molecule has 1 nitrogen and oxygen atoms in total. The van der Waals surface area contributed by atoms with E-state index in [0.717, 1.165) is 12.1 Å². The molecule has 0 amide bonds. The molecule has 3 heteroatoms. The Labute approximate surface area is 69.0 Å². The third-order valence-electron chi connectivity index (χ3n) is 1.10. The molecule has 0 fully saturated rings. The smallest absolute Gasteiger partial charge is 0.148 e. The van der Waals surface area contributed by atoms with E-state index in [1.54, 1.807) is 0 Å². The van der Waals surface area contributed by atoms with E-state index < -0.39 is 11.6 Å². The standard InChI is InChI=1S/C9H5F2O/c1-2-3-12-9-5-7(10)4-8(11)6-9/h1,5-6H,3H2. The molecule has 0 saturated heterocycles. The quantitative estimate of drug-likeness (QED) is 0.610. The van der Waals surface area contributed by atoms with Crippen molar-refractivity contribution < 1.29 is 13.5 Å². The normalized spacial score (nSPS) is 9.08. The van der Waals surface area contributed by atoms with E-state index in [1.807, 2.05) is 6.07 Å². The first kappa shape index (κ1) is 8.54. The van der Waals surface area contributed by atoms with Gasteiger partial charge >= 0.3 is 0 Å². The summed E-state index contributed by atoms with van der Waals surface area (Å²) in [6.45, 7) is -0.0110. The fraction of sp³-hybridized carbons (Fsp3) is 0.111. The average Bonchev–Trinajstić information content (AvgIpc) is 1.99. The van der Waals surface area contributed by atoms with Gasteiger partial charge in [0.1, 0.15) is 24.0 Å². The number of halogens is 2. The van der Waals surface area contributed by atoms with Gasteiger partial charge in [0.15, 0.2) is 0 Å². The number of hydrogen-bond donors (Lipinski definition) is 0. The van der Waals surface area contributed by atoms with Gasteiger partial charge in [0, 0.05) is 12.1 Å². The van der Waals surface area contributed by atoms with Crippen molar-refractivity contribution in [2.24, 2.45) is 0 Å². The molecule has 0 saturated carbocycles. The maximum atomic E-state index is 12.4. The monoisotopic (exact) mass is 167 g/mol. The van der Waals surface area contributed by atoms with Crippen LogP contribution in [-0.2, 0) is 0 Å². The van der Waals surface area contributed by atoms with E-state index in [4.69, 9.17) is 11.2 Å². The molecule has 61 valence electrons.